The summed E-state index contributed by atoms with van der Waals surface area (Å²) in [5.74, 6) is -1.16. The summed E-state index contributed by atoms with van der Waals surface area (Å²) in [7, 11) is -3.88. The molecule has 3 aromatic carbocycles. The van der Waals surface area contributed by atoms with Crippen molar-refractivity contribution in [2.45, 2.75) is 18.7 Å². The van der Waals surface area contributed by atoms with Crippen LogP contribution in [-0.4, -0.2) is 19.5 Å². The molecule has 0 aromatic heterocycles. The van der Waals surface area contributed by atoms with E-state index in [1.807, 2.05) is 26.0 Å². The molecule has 0 aliphatic heterocycles. The number of hydrogen-bond donors (Lipinski definition) is 3. The van der Waals surface area contributed by atoms with Gasteiger partial charge in [0.1, 0.15) is 0 Å². The first-order valence-corrected chi connectivity index (χ1v) is 10.0. The summed E-state index contributed by atoms with van der Waals surface area (Å²) in [6.45, 7) is 3.81. The Morgan fingerprint density at radius 1 is 0.857 bits per heavy atom. The largest absolute Gasteiger partial charge is 0.478 e. The van der Waals surface area contributed by atoms with Crippen LogP contribution in [0.15, 0.2) is 71.6 Å². The first-order chi connectivity index (χ1) is 13.3. The monoisotopic (exact) mass is 396 g/mol. The summed E-state index contributed by atoms with van der Waals surface area (Å²) in [6.07, 6.45) is 0. The third kappa shape index (κ3) is 4.32. The van der Waals surface area contributed by atoms with Gasteiger partial charge in [0.05, 0.1) is 21.8 Å². The number of benzene rings is 3. The van der Waals surface area contributed by atoms with Crippen molar-refractivity contribution in [3.05, 3.63) is 83.4 Å². The van der Waals surface area contributed by atoms with E-state index in [2.05, 4.69) is 10.0 Å². The summed E-state index contributed by atoms with van der Waals surface area (Å²) in [5.41, 5.74) is 2.93. The van der Waals surface area contributed by atoms with Crippen LogP contribution in [0.3, 0.4) is 0 Å². The number of aryl methyl sites for hydroxylation is 2. The molecule has 0 saturated carbocycles. The normalized spacial score (nSPS) is 11.1. The van der Waals surface area contributed by atoms with Crippen LogP contribution in [0.4, 0.5) is 17.1 Å². The number of nitrogens with one attached hydrogen (secondary N) is 2. The molecule has 28 heavy (non-hydrogen) atoms. The smallest absolute Gasteiger partial charge is 0.337 e. The molecule has 0 bridgehead atoms. The second-order valence-electron chi connectivity index (χ2n) is 6.44. The molecule has 0 saturated heterocycles. The predicted molar refractivity (Wildman–Crippen MR) is 110 cm³/mol. The summed E-state index contributed by atoms with van der Waals surface area (Å²) in [6, 6.07) is 18.2. The minimum absolute atomic E-state index is 0.0373. The molecular weight excluding hydrogens is 376 g/mol. The Hall–Kier alpha value is -3.32. The van der Waals surface area contributed by atoms with Gasteiger partial charge in [0.15, 0.2) is 0 Å². The standard InChI is InChI=1S/C21H20N2O4S/c1-14-6-10-16(11-7-14)22-20-18(21(24)25)4-3-5-19(20)23-28(26,27)17-12-8-15(2)9-13-17/h3-13,22-23H,1-2H3,(H,24,25). The van der Waals surface area contributed by atoms with E-state index in [9.17, 15) is 18.3 Å². The minimum atomic E-state index is -3.88. The van der Waals surface area contributed by atoms with Crippen LogP contribution in [0.1, 0.15) is 21.5 Å². The highest BCUT2D eigenvalue weighted by Gasteiger charge is 2.20. The molecule has 3 N–H and O–H groups in total. The van der Waals surface area contributed by atoms with Gasteiger partial charge < -0.3 is 10.4 Å². The summed E-state index contributed by atoms with van der Waals surface area (Å²) in [5, 5.41) is 12.6. The molecule has 0 aliphatic carbocycles. The Labute approximate surface area is 163 Å². The maximum atomic E-state index is 12.8. The maximum absolute atomic E-state index is 12.8. The maximum Gasteiger partial charge on any atom is 0.337 e. The van der Waals surface area contributed by atoms with Gasteiger partial charge in [-0.15, -0.1) is 0 Å². The number of carboxylic acids is 1. The summed E-state index contributed by atoms with van der Waals surface area (Å²) < 4.78 is 28.0. The summed E-state index contributed by atoms with van der Waals surface area (Å²) >= 11 is 0. The number of hydrogen-bond acceptors (Lipinski definition) is 4. The number of carboxylic acid groups (broad SMARTS) is 1. The molecule has 144 valence electrons. The van der Waals surface area contributed by atoms with E-state index < -0.39 is 16.0 Å². The molecule has 0 unspecified atom stereocenters. The fraction of sp³-hybridized carbons (Fsp3) is 0.0952. The molecule has 0 fully saturated rings. The fourth-order valence-corrected chi connectivity index (χ4v) is 3.72. The minimum Gasteiger partial charge on any atom is -0.478 e. The van der Waals surface area contributed by atoms with E-state index in [1.165, 1.54) is 30.3 Å². The molecule has 0 aliphatic rings. The molecule has 0 heterocycles. The van der Waals surface area contributed by atoms with Gasteiger partial charge in [0, 0.05) is 5.69 Å². The molecular formula is C21H20N2O4S. The Morgan fingerprint density at radius 3 is 2.00 bits per heavy atom. The topological polar surface area (TPSA) is 95.5 Å². The SMILES string of the molecule is Cc1ccc(Nc2c(NS(=O)(=O)c3ccc(C)cc3)cccc2C(=O)O)cc1. The van der Waals surface area contributed by atoms with Crippen molar-refractivity contribution < 1.29 is 18.3 Å². The molecule has 0 amide bonds. The van der Waals surface area contributed by atoms with Crippen LogP contribution < -0.4 is 10.0 Å². The molecule has 7 heteroatoms. The van der Waals surface area contributed by atoms with Crippen molar-refractivity contribution in [1.82, 2.24) is 0 Å². The zero-order valence-electron chi connectivity index (χ0n) is 15.4. The Morgan fingerprint density at radius 2 is 1.43 bits per heavy atom. The second-order valence-corrected chi connectivity index (χ2v) is 8.13. The van der Waals surface area contributed by atoms with Crippen molar-refractivity contribution in [3.63, 3.8) is 0 Å². The summed E-state index contributed by atoms with van der Waals surface area (Å²) in [4.78, 5) is 11.8. The quantitative estimate of drug-likeness (QED) is 0.568. The fourth-order valence-electron chi connectivity index (χ4n) is 2.65. The van der Waals surface area contributed by atoms with Gasteiger partial charge in [0.25, 0.3) is 10.0 Å². The van der Waals surface area contributed by atoms with Gasteiger partial charge in [0.2, 0.25) is 0 Å². The number of rotatable bonds is 6. The number of para-hydroxylation sites is 1. The zero-order valence-corrected chi connectivity index (χ0v) is 16.2. The van der Waals surface area contributed by atoms with E-state index in [0.29, 0.717) is 5.69 Å². The van der Waals surface area contributed by atoms with Gasteiger partial charge in [-0.3, -0.25) is 4.72 Å². The second kappa shape index (κ2) is 7.74. The highest BCUT2D eigenvalue weighted by Crippen LogP contribution is 2.31. The highest BCUT2D eigenvalue weighted by atomic mass is 32.2. The molecule has 0 radical (unpaired) electrons. The van der Waals surface area contributed by atoms with Crippen LogP contribution in [0.2, 0.25) is 0 Å². The van der Waals surface area contributed by atoms with E-state index in [0.717, 1.165) is 11.1 Å². The highest BCUT2D eigenvalue weighted by molar-refractivity contribution is 7.92. The number of sulfonamides is 1. The number of aromatic carboxylic acids is 1. The van der Waals surface area contributed by atoms with Gasteiger partial charge in [-0.1, -0.05) is 41.5 Å². The van der Waals surface area contributed by atoms with Crippen LogP contribution >= 0.6 is 0 Å². The number of carbonyl (C=O) groups is 1. The van der Waals surface area contributed by atoms with Crippen molar-refractivity contribution in [3.8, 4) is 0 Å². The number of anilines is 3. The third-order valence-electron chi connectivity index (χ3n) is 4.19. The third-order valence-corrected chi connectivity index (χ3v) is 5.57. The first kappa shape index (κ1) is 19.4. The van der Waals surface area contributed by atoms with Gasteiger partial charge in [-0.2, -0.15) is 0 Å². The van der Waals surface area contributed by atoms with E-state index in [-0.39, 0.29) is 21.8 Å². The van der Waals surface area contributed by atoms with Crippen LogP contribution in [0, 0.1) is 13.8 Å². The lowest BCUT2D eigenvalue weighted by molar-refractivity contribution is 0.0698. The Kier molecular flexibility index (Phi) is 5.37. The van der Waals surface area contributed by atoms with Crippen molar-refractivity contribution in [1.29, 1.82) is 0 Å². The van der Waals surface area contributed by atoms with Crippen LogP contribution in [-0.2, 0) is 10.0 Å². The van der Waals surface area contributed by atoms with Crippen molar-refractivity contribution in [2.24, 2.45) is 0 Å². The van der Waals surface area contributed by atoms with Crippen LogP contribution in [0.25, 0.3) is 0 Å². The van der Waals surface area contributed by atoms with Gasteiger partial charge in [-0.25, -0.2) is 13.2 Å². The lowest BCUT2D eigenvalue weighted by atomic mass is 10.1. The van der Waals surface area contributed by atoms with E-state index >= 15 is 0 Å². The van der Waals surface area contributed by atoms with Crippen molar-refractivity contribution >= 4 is 33.1 Å². The van der Waals surface area contributed by atoms with Gasteiger partial charge >= 0.3 is 5.97 Å². The first-order valence-electron chi connectivity index (χ1n) is 8.56. The molecule has 0 spiro atoms. The average Bonchev–Trinajstić information content (AvgIpc) is 2.65. The zero-order chi connectivity index (χ0) is 20.3. The Balaban J connectivity index is 2.02. The van der Waals surface area contributed by atoms with Crippen molar-refractivity contribution in [2.75, 3.05) is 10.0 Å². The molecule has 3 rings (SSSR count). The van der Waals surface area contributed by atoms with E-state index in [4.69, 9.17) is 0 Å². The lowest BCUT2D eigenvalue weighted by Gasteiger charge is -2.17. The van der Waals surface area contributed by atoms with E-state index in [1.54, 1.807) is 24.3 Å². The molecule has 3 aromatic rings. The van der Waals surface area contributed by atoms with Crippen LogP contribution in [0.5, 0.6) is 0 Å². The average molecular weight is 396 g/mol. The Bertz CT molecular complexity index is 1110. The van der Waals surface area contributed by atoms with Gasteiger partial charge in [-0.05, 0) is 50.2 Å². The molecule has 0 atom stereocenters. The molecule has 6 nitrogen and oxygen atoms in total. The lowest BCUT2D eigenvalue weighted by Crippen LogP contribution is -2.15. The predicted octanol–water partition coefficient (Wildman–Crippen LogP) is 4.55.